The highest BCUT2D eigenvalue weighted by Gasteiger charge is 2.27. The maximum atomic E-state index is 12.6. The highest BCUT2D eigenvalue weighted by atomic mass is 32.1. The lowest BCUT2D eigenvalue weighted by Crippen LogP contribution is -3.28. The van der Waals surface area contributed by atoms with Gasteiger partial charge < -0.3 is 20.4 Å². The molecule has 1 aliphatic rings. The highest BCUT2D eigenvalue weighted by Crippen LogP contribution is 2.19. The maximum absolute atomic E-state index is 12.6. The lowest BCUT2D eigenvalue weighted by atomic mass is 10.1. The van der Waals surface area contributed by atoms with Crippen LogP contribution in [0.5, 0.6) is 0 Å². The van der Waals surface area contributed by atoms with E-state index in [4.69, 9.17) is 0 Å². The van der Waals surface area contributed by atoms with Gasteiger partial charge in [0.15, 0.2) is 6.54 Å². The summed E-state index contributed by atoms with van der Waals surface area (Å²) in [5.74, 6) is 0.0159. The molecule has 162 valence electrons. The fraction of sp³-hybridized carbons (Fsp3) is 0.500. The van der Waals surface area contributed by atoms with E-state index in [1.165, 1.54) is 21.1 Å². The number of nitrogens with zero attached hydrogens (tertiary/aromatic N) is 1. The van der Waals surface area contributed by atoms with E-state index in [9.17, 15) is 9.59 Å². The van der Waals surface area contributed by atoms with Crippen molar-refractivity contribution in [2.45, 2.75) is 39.8 Å². The Balaban J connectivity index is 1.49. The number of anilines is 1. The second-order valence-electron chi connectivity index (χ2n) is 8.99. The van der Waals surface area contributed by atoms with Crippen LogP contribution in [0.2, 0.25) is 0 Å². The zero-order valence-electron chi connectivity index (χ0n) is 18.3. The van der Waals surface area contributed by atoms with Gasteiger partial charge in [0.2, 0.25) is 0 Å². The van der Waals surface area contributed by atoms with Crippen molar-refractivity contribution in [1.82, 2.24) is 10.3 Å². The molecule has 1 aromatic heterocycles. The number of carbonyl (C=O) groups excluding carboxylic acids is 2. The summed E-state index contributed by atoms with van der Waals surface area (Å²) in [6.07, 6.45) is 0. The number of piperazine rings is 1. The van der Waals surface area contributed by atoms with Crippen LogP contribution in [-0.2, 0) is 11.3 Å². The summed E-state index contributed by atoms with van der Waals surface area (Å²) in [5.41, 5.74) is 1.39. The van der Waals surface area contributed by atoms with Crippen LogP contribution in [0.25, 0.3) is 0 Å². The summed E-state index contributed by atoms with van der Waals surface area (Å²) in [5, 5.41) is 6.98. The van der Waals surface area contributed by atoms with E-state index >= 15 is 0 Å². The van der Waals surface area contributed by atoms with Gasteiger partial charge in [0.05, 0.1) is 5.69 Å². The molecular formula is C22H33N5O2S+2. The van der Waals surface area contributed by atoms with E-state index in [1.807, 2.05) is 58.0 Å². The summed E-state index contributed by atoms with van der Waals surface area (Å²) in [7, 11) is 0. The van der Waals surface area contributed by atoms with Crippen LogP contribution in [0.15, 0.2) is 30.3 Å². The normalized spacial score (nSPS) is 19.3. The fourth-order valence-electron chi connectivity index (χ4n) is 3.66. The van der Waals surface area contributed by atoms with Crippen molar-refractivity contribution in [3.63, 3.8) is 0 Å². The molecule has 2 aromatic rings. The molecule has 0 saturated carbocycles. The summed E-state index contributed by atoms with van der Waals surface area (Å²) in [4.78, 5) is 32.9. The fourth-order valence-corrected chi connectivity index (χ4v) is 4.69. The maximum Gasteiger partial charge on any atom is 0.275 e. The summed E-state index contributed by atoms with van der Waals surface area (Å²) >= 11 is 1.48. The van der Waals surface area contributed by atoms with Crippen LogP contribution < -0.4 is 20.4 Å². The molecular weight excluding hydrogens is 398 g/mol. The van der Waals surface area contributed by atoms with Crippen LogP contribution >= 0.6 is 11.3 Å². The number of amides is 2. The van der Waals surface area contributed by atoms with Gasteiger partial charge in [0.25, 0.3) is 11.8 Å². The standard InChI is InChI=1S/C22H31N5O2S/c1-16-20(21(29)24-17-8-6-5-7-9-17)30-19(23-16)15-27-12-10-26(11-13-27)14-18(28)25-22(2,3)4/h5-9H,10-15H2,1-4H3,(H,24,29)(H,25,28)/p+2. The quantitative estimate of drug-likeness (QED) is 0.516. The Kier molecular flexibility index (Phi) is 7.23. The molecule has 1 saturated heterocycles. The van der Waals surface area contributed by atoms with Crippen LogP contribution in [0.1, 0.15) is 41.1 Å². The summed E-state index contributed by atoms with van der Waals surface area (Å²) in [6, 6.07) is 9.48. The molecule has 3 rings (SSSR count). The van der Waals surface area contributed by atoms with Crippen LogP contribution in [0, 0.1) is 6.92 Å². The Labute approximate surface area is 182 Å². The molecule has 0 spiro atoms. The van der Waals surface area contributed by atoms with Gasteiger partial charge in [-0.3, -0.25) is 9.59 Å². The highest BCUT2D eigenvalue weighted by molar-refractivity contribution is 7.13. The Morgan fingerprint density at radius 2 is 1.70 bits per heavy atom. The van der Waals surface area contributed by atoms with E-state index in [0.717, 1.165) is 49.1 Å². The number of para-hydroxylation sites is 1. The zero-order chi connectivity index (χ0) is 21.7. The molecule has 0 radical (unpaired) electrons. The van der Waals surface area contributed by atoms with E-state index < -0.39 is 0 Å². The van der Waals surface area contributed by atoms with Crippen molar-refractivity contribution >= 4 is 28.8 Å². The molecule has 30 heavy (non-hydrogen) atoms. The minimum absolute atomic E-state index is 0.100. The molecule has 4 N–H and O–H groups in total. The minimum Gasteiger partial charge on any atom is -0.347 e. The number of nitrogens with one attached hydrogen (secondary N) is 4. The third kappa shape index (κ3) is 6.62. The Bertz CT molecular complexity index is 867. The van der Waals surface area contributed by atoms with Crippen LogP contribution in [-0.4, -0.2) is 55.1 Å². The second kappa shape index (κ2) is 9.68. The Morgan fingerprint density at radius 1 is 1.07 bits per heavy atom. The molecule has 8 heteroatoms. The lowest BCUT2D eigenvalue weighted by molar-refractivity contribution is -1.02. The lowest BCUT2D eigenvalue weighted by Gasteiger charge is -2.29. The molecule has 2 heterocycles. The summed E-state index contributed by atoms with van der Waals surface area (Å²) < 4.78 is 0. The average Bonchev–Trinajstić information content (AvgIpc) is 3.03. The van der Waals surface area contributed by atoms with Crippen molar-refractivity contribution < 1.29 is 19.4 Å². The molecule has 0 unspecified atom stereocenters. The average molecular weight is 432 g/mol. The van der Waals surface area contributed by atoms with E-state index in [0.29, 0.717) is 11.4 Å². The number of quaternary nitrogens is 2. The smallest absolute Gasteiger partial charge is 0.275 e. The van der Waals surface area contributed by atoms with Crippen LogP contribution in [0.3, 0.4) is 0 Å². The number of hydrogen-bond donors (Lipinski definition) is 4. The number of aromatic nitrogens is 1. The monoisotopic (exact) mass is 431 g/mol. The second-order valence-corrected chi connectivity index (χ2v) is 10.1. The van der Waals surface area contributed by atoms with Gasteiger partial charge in [0.1, 0.15) is 42.6 Å². The number of thiazole rings is 1. The number of hydrogen-bond acceptors (Lipinski definition) is 4. The molecule has 1 fully saturated rings. The van der Waals surface area contributed by atoms with E-state index in [1.54, 1.807) is 0 Å². The van der Waals surface area contributed by atoms with Gasteiger partial charge in [0, 0.05) is 11.2 Å². The van der Waals surface area contributed by atoms with Crippen molar-refractivity contribution in [2.75, 3.05) is 38.0 Å². The summed E-state index contributed by atoms with van der Waals surface area (Å²) in [6.45, 7) is 13.2. The number of rotatable bonds is 6. The molecule has 0 aliphatic carbocycles. The predicted octanol–water partition coefficient (Wildman–Crippen LogP) is -0.0981. The topological polar surface area (TPSA) is 80.0 Å². The minimum atomic E-state index is -0.184. The predicted molar refractivity (Wildman–Crippen MR) is 119 cm³/mol. The zero-order valence-corrected chi connectivity index (χ0v) is 19.1. The van der Waals surface area contributed by atoms with Gasteiger partial charge in [-0.25, -0.2) is 4.98 Å². The van der Waals surface area contributed by atoms with Crippen molar-refractivity contribution in [1.29, 1.82) is 0 Å². The van der Waals surface area contributed by atoms with Crippen LogP contribution in [0.4, 0.5) is 5.69 Å². The third-order valence-corrected chi connectivity index (χ3v) is 6.23. The first kappa shape index (κ1) is 22.4. The first-order chi connectivity index (χ1) is 14.2. The van der Waals surface area contributed by atoms with Gasteiger partial charge in [-0.05, 0) is 39.8 Å². The molecule has 0 atom stereocenters. The van der Waals surface area contributed by atoms with Gasteiger partial charge in [-0.1, -0.05) is 18.2 Å². The number of aryl methyl sites for hydroxylation is 1. The third-order valence-electron chi connectivity index (χ3n) is 5.07. The first-order valence-corrected chi connectivity index (χ1v) is 11.3. The molecule has 0 bridgehead atoms. The molecule has 7 nitrogen and oxygen atoms in total. The van der Waals surface area contributed by atoms with Gasteiger partial charge in [-0.15, -0.1) is 11.3 Å². The van der Waals surface area contributed by atoms with Gasteiger partial charge >= 0.3 is 0 Å². The van der Waals surface area contributed by atoms with Crippen molar-refractivity contribution in [3.8, 4) is 0 Å². The van der Waals surface area contributed by atoms with Crippen molar-refractivity contribution in [2.24, 2.45) is 0 Å². The largest absolute Gasteiger partial charge is 0.347 e. The molecule has 2 amide bonds. The SMILES string of the molecule is Cc1nc(C[NH+]2CC[NH+](CC(=O)NC(C)(C)C)CC2)sc1C(=O)Nc1ccccc1. The Hall–Kier alpha value is -2.29. The van der Waals surface area contributed by atoms with E-state index in [2.05, 4.69) is 15.6 Å². The number of carbonyl (C=O) groups is 2. The first-order valence-electron chi connectivity index (χ1n) is 10.5. The van der Waals surface area contributed by atoms with Gasteiger partial charge in [-0.2, -0.15) is 0 Å². The Morgan fingerprint density at radius 3 is 2.33 bits per heavy atom. The molecule has 1 aromatic carbocycles. The molecule has 1 aliphatic heterocycles. The van der Waals surface area contributed by atoms with Crippen molar-refractivity contribution in [3.05, 3.63) is 45.9 Å². The number of benzene rings is 1. The van der Waals surface area contributed by atoms with E-state index in [-0.39, 0.29) is 17.4 Å².